The molecule has 1 aromatic rings. The normalized spacial score (nSPS) is 15.8. The minimum absolute atomic E-state index is 0.156. The van der Waals surface area contributed by atoms with Crippen molar-refractivity contribution in [2.45, 2.75) is 65.0 Å². The number of nitrogens with one attached hydrogen (secondary N) is 3. The van der Waals surface area contributed by atoms with Crippen molar-refractivity contribution in [2.75, 3.05) is 13.6 Å². The Morgan fingerprint density at radius 2 is 2.12 bits per heavy atom. The Bertz CT molecular complexity index is 617. The number of hydrogen-bond acceptors (Lipinski definition) is 3. The van der Waals surface area contributed by atoms with E-state index in [1.54, 1.807) is 7.05 Å². The molecule has 0 bridgehead atoms. The number of aromatic nitrogens is 2. The van der Waals surface area contributed by atoms with Crippen molar-refractivity contribution in [3.8, 4) is 0 Å². The fraction of sp³-hybridized carbons (Fsp3) is 0.722. The van der Waals surface area contributed by atoms with E-state index in [1.807, 2.05) is 11.7 Å². The average Bonchev–Trinajstić information content (AvgIpc) is 3.34. The molecule has 0 aromatic carbocycles. The topological polar surface area (TPSA) is 83.3 Å². The first-order chi connectivity index (χ1) is 11.9. The second-order valence-corrected chi connectivity index (χ2v) is 6.97. The predicted molar refractivity (Wildman–Crippen MR) is 101 cm³/mol. The molecule has 1 atom stereocenters. The van der Waals surface area contributed by atoms with E-state index >= 15 is 0 Å². The molecule has 25 heavy (non-hydrogen) atoms. The number of rotatable bonds is 8. The van der Waals surface area contributed by atoms with Gasteiger partial charge in [-0.15, -0.1) is 0 Å². The maximum atomic E-state index is 11.7. The number of nitrogens with zero attached hydrogens (tertiary/aromatic N) is 3. The third-order valence-corrected chi connectivity index (χ3v) is 4.59. The summed E-state index contributed by atoms with van der Waals surface area (Å²) < 4.78 is 1.93. The van der Waals surface area contributed by atoms with Gasteiger partial charge in [-0.3, -0.25) is 14.5 Å². The number of carbonyl (C=O) groups excluding carboxylic acids is 1. The van der Waals surface area contributed by atoms with Gasteiger partial charge in [0.15, 0.2) is 5.96 Å². The van der Waals surface area contributed by atoms with Crippen LogP contribution < -0.4 is 16.0 Å². The van der Waals surface area contributed by atoms with E-state index in [-0.39, 0.29) is 11.9 Å². The number of hydrogen-bond donors (Lipinski definition) is 3. The van der Waals surface area contributed by atoms with Crippen molar-refractivity contribution in [1.82, 2.24) is 25.7 Å². The van der Waals surface area contributed by atoms with Gasteiger partial charge in [-0.1, -0.05) is 0 Å². The van der Waals surface area contributed by atoms with E-state index < -0.39 is 0 Å². The summed E-state index contributed by atoms with van der Waals surface area (Å²) >= 11 is 0. The highest BCUT2D eigenvalue weighted by Crippen LogP contribution is 2.18. The second-order valence-electron chi connectivity index (χ2n) is 6.97. The van der Waals surface area contributed by atoms with E-state index in [4.69, 9.17) is 0 Å². The van der Waals surface area contributed by atoms with Crippen LogP contribution in [0.15, 0.2) is 4.99 Å². The van der Waals surface area contributed by atoms with Crippen LogP contribution in [-0.2, 0) is 18.3 Å². The molecule has 1 aliphatic carbocycles. The molecule has 1 fully saturated rings. The van der Waals surface area contributed by atoms with Crippen LogP contribution in [0.3, 0.4) is 0 Å². The lowest BCUT2D eigenvalue weighted by Crippen LogP contribution is -2.43. The average molecular weight is 348 g/mol. The standard InChI is InChI=1S/C18H32N6O/c1-12(11-16-13(2)23-24(5)14(16)3)21-18(19-4)20-10-6-7-17(25)22-15-8-9-15/h12,15H,6-11H2,1-5H3,(H,22,25)(H2,19,20,21). The number of carbonyl (C=O) groups is 1. The van der Waals surface area contributed by atoms with Crippen molar-refractivity contribution < 1.29 is 4.79 Å². The molecular formula is C18H32N6O. The van der Waals surface area contributed by atoms with Gasteiger partial charge in [-0.25, -0.2) is 0 Å². The zero-order valence-corrected chi connectivity index (χ0v) is 16.1. The highest BCUT2D eigenvalue weighted by atomic mass is 16.1. The van der Waals surface area contributed by atoms with E-state index in [2.05, 4.69) is 46.8 Å². The van der Waals surface area contributed by atoms with Gasteiger partial charge in [0.1, 0.15) is 0 Å². The lowest BCUT2D eigenvalue weighted by atomic mass is 10.1. The fourth-order valence-electron chi connectivity index (χ4n) is 2.88. The quantitative estimate of drug-likeness (QED) is 0.374. The maximum Gasteiger partial charge on any atom is 0.220 e. The summed E-state index contributed by atoms with van der Waals surface area (Å²) in [6.45, 7) is 7.02. The predicted octanol–water partition coefficient (Wildman–Crippen LogP) is 1.19. The van der Waals surface area contributed by atoms with Crippen LogP contribution in [0.1, 0.15) is 49.6 Å². The Morgan fingerprint density at radius 3 is 2.68 bits per heavy atom. The minimum Gasteiger partial charge on any atom is -0.356 e. The Balaban J connectivity index is 1.70. The largest absolute Gasteiger partial charge is 0.356 e. The molecule has 140 valence electrons. The molecule has 1 aromatic heterocycles. The van der Waals surface area contributed by atoms with E-state index in [9.17, 15) is 4.79 Å². The van der Waals surface area contributed by atoms with Crippen LogP contribution >= 0.6 is 0 Å². The Morgan fingerprint density at radius 1 is 1.40 bits per heavy atom. The van der Waals surface area contributed by atoms with Gasteiger partial charge in [0.05, 0.1) is 5.69 Å². The first-order valence-electron chi connectivity index (χ1n) is 9.16. The molecule has 0 radical (unpaired) electrons. The van der Waals surface area contributed by atoms with Crippen molar-refractivity contribution in [2.24, 2.45) is 12.0 Å². The van der Waals surface area contributed by atoms with E-state index in [0.29, 0.717) is 12.5 Å². The van der Waals surface area contributed by atoms with Gasteiger partial charge in [0.25, 0.3) is 0 Å². The summed E-state index contributed by atoms with van der Waals surface area (Å²) in [5.74, 6) is 0.928. The molecule has 7 nitrogen and oxygen atoms in total. The molecule has 0 saturated heterocycles. The minimum atomic E-state index is 0.156. The summed E-state index contributed by atoms with van der Waals surface area (Å²) in [4.78, 5) is 15.9. The van der Waals surface area contributed by atoms with Gasteiger partial charge in [-0.2, -0.15) is 5.10 Å². The molecule has 7 heteroatoms. The Kier molecular flexibility index (Phi) is 6.84. The fourth-order valence-corrected chi connectivity index (χ4v) is 2.88. The summed E-state index contributed by atoms with van der Waals surface area (Å²) in [6, 6.07) is 0.682. The monoisotopic (exact) mass is 348 g/mol. The molecular weight excluding hydrogens is 316 g/mol. The number of amides is 1. The third-order valence-electron chi connectivity index (χ3n) is 4.59. The number of guanidine groups is 1. The first kappa shape index (κ1) is 19.3. The molecule has 1 amide bonds. The van der Waals surface area contributed by atoms with Gasteiger partial charge >= 0.3 is 0 Å². The summed E-state index contributed by atoms with van der Waals surface area (Å²) in [5.41, 5.74) is 3.57. The van der Waals surface area contributed by atoms with Gasteiger partial charge in [0, 0.05) is 44.8 Å². The van der Waals surface area contributed by atoms with Crippen LogP contribution in [0, 0.1) is 13.8 Å². The lowest BCUT2D eigenvalue weighted by Gasteiger charge is -2.18. The van der Waals surface area contributed by atoms with Gasteiger partial charge in [0.2, 0.25) is 5.91 Å². The Labute approximate surface area is 150 Å². The molecule has 1 unspecified atom stereocenters. The van der Waals surface area contributed by atoms with Crippen molar-refractivity contribution >= 4 is 11.9 Å². The summed E-state index contributed by atoms with van der Waals surface area (Å²) in [7, 11) is 3.74. The highest BCUT2D eigenvalue weighted by Gasteiger charge is 2.22. The van der Waals surface area contributed by atoms with Crippen molar-refractivity contribution in [1.29, 1.82) is 0 Å². The first-order valence-corrected chi connectivity index (χ1v) is 9.16. The zero-order valence-electron chi connectivity index (χ0n) is 16.1. The molecule has 2 rings (SSSR count). The number of aliphatic imine (C=N–C) groups is 1. The molecule has 1 aliphatic rings. The summed E-state index contributed by atoms with van der Waals surface area (Å²) in [5, 5.41) is 14.2. The third kappa shape index (κ3) is 6.07. The SMILES string of the molecule is CN=C(NCCCC(=O)NC1CC1)NC(C)Cc1c(C)nn(C)c1C. The van der Waals surface area contributed by atoms with E-state index in [1.165, 1.54) is 11.3 Å². The zero-order chi connectivity index (χ0) is 18.4. The van der Waals surface area contributed by atoms with Gasteiger partial charge < -0.3 is 16.0 Å². The number of aryl methyl sites for hydroxylation is 2. The highest BCUT2D eigenvalue weighted by molar-refractivity contribution is 5.80. The van der Waals surface area contributed by atoms with Crippen LogP contribution in [-0.4, -0.2) is 47.3 Å². The van der Waals surface area contributed by atoms with Crippen LogP contribution in [0.5, 0.6) is 0 Å². The van der Waals surface area contributed by atoms with Gasteiger partial charge in [-0.05, 0) is 52.0 Å². The lowest BCUT2D eigenvalue weighted by molar-refractivity contribution is -0.121. The molecule has 0 spiro atoms. The second kappa shape index (κ2) is 8.87. The van der Waals surface area contributed by atoms with Crippen molar-refractivity contribution in [3.05, 3.63) is 17.0 Å². The maximum absolute atomic E-state index is 11.7. The summed E-state index contributed by atoms with van der Waals surface area (Å²) in [6.07, 6.45) is 4.53. The van der Waals surface area contributed by atoms with Crippen LogP contribution in [0.4, 0.5) is 0 Å². The van der Waals surface area contributed by atoms with Crippen LogP contribution in [0.25, 0.3) is 0 Å². The molecule has 1 heterocycles. The molecule has 0 aliphatic heterocycles. The Hall–Kier alpha value is -2.05. The smallest absolute Gasteiger partial charge is 0.220 e. The van der Waals surface area contributed by atoms with Crippen molar-refractivity contribution in [3.63, 3.8) is 0 Å². The van der Waals surface area contributed by atoms with Crippen LogP contribution in [0.2, 0.25) is 0 Å². The molecule has 1 saturated carbocycles. The van der Waals surface area contributed by atoms with E-state index in [0.717, 1.165) is 43.9 Å². The molecule has 3 N–H and O–H groups in total.